The van der Waals surface area contributed by atoms with Crippen molar-refractivity contribution in [2.45, 2.75) is 6.04 Å². The second-order valence-corrected chi connectivity index (χ2v) is 6.70. The van der Waals surface area contributed by atoms with Crippen molar-refractivity contribution < 1.29 is 9.59 Å². The van der Waals surface area contributed by atoms with Crippen molar-refractivity contribution in [1.82, 2.24) is 5.32 Å². The number of nitrogens with one attached hydrogen (secondary N) is 2. The first-order chi connectivity index (χ1) is 13.0. The van der Waals surface area contributed by atoms with Gasteiger partial charge >= 0.3 is 0 Å². The zero-order chi connectivity index (χ0) is 19.2. The minimum Gasteiger partial charge on any atom is -0.336 e. The zero-order valence-corrected chi connectivity index (χ0v) is 15.7. The lowest BCUT2D eigenvalue weighted by molar-refractivity contribution is -0.118. The molecule has 6 heteroatoms. The van der Waals surface area contributed by atoms with Gasteiger partial charge in [-0.05, 0) is 48.0 Å². The zero-order valence-electron chi connectivity index (χ0n) is 14.2. The SMILES string of the molecule is O=C(N[C@@H](C(=O)Nc1cccc(Cl)c1)c1ccccc1)c1ccc(Cl)cc1. The van der Waals surface area contributed by atoms with E-state index in [1.807, 2.05) is 18.2 Å². The van der Waals surface area contributed by atoms with Crippen molar-refractivity contribution >= 4 is 40.7 Å². The van der Waals surface area contributed by atoms with E-state index in [2.05, 4.69) is 10.6 Å². The molecule has 0 unspecified atom stereocenters. The predicted octanol–water partition coefficient (Wildman–Crippen LogP) is 5.10. The summed E-state index contributed by atoms with van der Waals surface area (Å²) < 4.78 is 0. The minimum absolute atomic E-state index is 0.370. The predicted molar refractivity (Wildman–Crippen MR) is 108 cm³/mol. The molecule has 0 fully saturated rings. The van der Waals surface area contributed by atoms with Crippen LogP contribution in [0.15, 0.2) is 78.9 Å². The van der Waals surface area contributed by atoms with Crippen LogP contribution in [-0.2, 0) is 4.79 Å². The highest BCUT2D eigenvalue weighted by atomic mass is 35.5. The quantitative estimate of drug-likeness (QED) is 0.627. The highest BCUT2D eigenvalue weighted by Crippen LogP contribution is 2.20. The second kappa shape index (κ2) is 8.71. The molecule has 1 atom stereocenters. The molecular weight excluding hydrogens is 383 g/mol. The van der Waals surface area contributed by atoms with Crippen LogP contribution in [0.25, 0.3) is 0 Å². The van der Waals surface area contributed by atoms with Crippen LogP contribution in [0.1, 0.15) is 22.0 Å². The molecule has 3 aromatic rings. The molecule has 2 amide bonds. The van der Waals surface area contributed by atoms with Gasteiger partial charge in [-0.2, -0.15) is 0 Å². The lowest BCUT2D eigenvalue weighted by Gasteiger charge is -2.19. The number of halogens is 2. The largest absolute Gasteiger partial charge is 0.336 e. The Bertz CT molecular complexity index is 944. The van der Waals surface area contributed by atoms with Gasteiger partial charge in [0.15, 0.2) is 0 Å². The van der Waals surface area contributed by atoms with Gasteiger partial charge in [0, 0.05) is 21.3 Å². The van der Waals surface area contributed by atoms with E-state index < -0.39 is 6.04 Å². The van der Waals surface area contributed by atoms with E-state index in [1.54, 1.807) is 60.7 Å². The molecule has 3 aromatic carbocycles. The van der Waals surface area contributed by atoms with Crippen molar-refractivity contribution in [1.29, 1.82) is 0 Å². The maximum atomic E-state index is 12.9. The van der Waals surface area contributed by atoms with E-state index in [-0.39, 0.29) is 11.8 Å². The van der Waals surface area contributed by atoms with E-state index in [1.165, 1.54) is 0 Å². The van der Waals surface area contributed by atoms with Crippen LogP contribution in [0.5, 0.6) is 0 Å². The van der Waals surface area contributed by atoms with Gasteiger partial charge in [-0.25, -0.2) is 0 Å². The van der Waals surface area contributed by atoms with Crippen LogP contribution in [0, 0.1) is 0 Å². The fourth-order valence-corrected chi connectivity index (χ4v) is 2.86. The van der Waals surface area contributed by atoms with E-state index in [0.717, 1.165) is 0 Å². The second-order valence-electron chi connectivity index (χ2n) is 5.82. The van der Waals surface area contributed by atoms with E-state index in [9.17, 15) is 9.59 Å². The molecule has 4 nitrogen and oxygen atoms in total. The number of hydrogen-bond acceptors (Lipinski definition) is 2. The molecule has 0 aromatic heterocycles. The first kappa shape index (κ1) is 19.0. The molecular formula is C21H16Cl2N2O2. The molecule has 0 aliphatic rings. The maximum absolute atomic E-state index is 12.9. The summed E-state index contributed by atoms with van der Waals surface area (Å²) in [6.07, 6.45) is 0. The Morgan fingerprint density at radius 2 is 1.48 bits per heavy atom. The van der Waals surface area contributed by atoms with Gasteiger partial charge in [0.2, 0.25) is 0 Å². The van der Waals surface area contributed by atoms with Crippen LogP contribution in [-0.4, -0.2) is 11.8 Å². The first-order valence-electron chi connectivity index (χ1n) is 8.21. The molecule has 136 valence electrons. The molecule has 2 N–H and O–H groups in total. The number of carbonyl (C=O) groups excluding carboxylic acids is 2. The Kier molecular flexibility index (Phi) is 6.12. The Morgan fingerprint density at radius 3 is 2.15 bits per heavy atom. The molecule has 0 aliphatic carbocycles. The smallest absolute Gasteiger partial charge is 0.252 e. The Morgan fingerprint density at radius 1 is 0.778 bits per heavy atom. The normalized spacial score (nSPS) is 11.5. The third-order valence-corrected chi connectivity index (χ3v) is 4.36. The Balaban J connectivity index is 1.83. The van der Waals surface area contributed by atoms with Gasteiger partial charge in [-0.15, -0.1) is 0 Å². The molecule has 0 spiro atoms. The van der Waals surface area contributed by atoms with Crippen LogP contribution in [0.2, 0.25) is 10.0 Å². The summed E-state index contributed by atoms with van der Waals surface area (Å²) >= 11 is 11.8. The molecule has 0 saturated heterocycles. The van der Waals surface area contributed by atoms with Gasteiger partial charge in [-0.1, -0.05) is 59.6 Å². The first-order valence-corrected chi connectivity index (χ1v) is 8.96. The number of amides is 2. The average molecular weight is 399 g/mol. The standard InChI is InChI=1S/C21H16Cl2N2O2/c22-16-11-9-15(10-12-16)20(26)25-19(14-5-2-1-3-6-14)21(27)24-18-8-4-7-17(23)13-18/h1-13,19H,(H,24,27)(H,25,26)/t19-/m1/s1. The summed E-state index contributed by atoms with van der Waals surface area (Å²) in [6, 6.07) is 21.4. The van der Waals surface area contributed by atoms with Gasteiger partial charge in [0.25, 0.3) is 11.8 Å². The fourth-order valence-electron chi connectivity index (χ4n) is 2.54. The van der Waals surface area contributed by atoms with Crippen LogP contribution < -0.4 is 10.6 Å². The fraction of sp³-hybridized carbons (Fsp3) is 0.0476. The molecule has 0 radical (unpaired) electrons. The van der Waals surface area contributed by atoms with Crippen molar-refractivity contribution in [3.63, 3.8) is 0 Å². The van der Waals surface area contributed by atoms with Crippen molar-refractivity contribution in [2.24, 2.45) is 0 Å². The van der Waals surface area contributed by atoms with Gasteiger partial charge in [0.1, 0.15) is 6.04 Å². The van der Waals surface area contributed by atoms with Gasteiger partial charge in [0.05, 0.1) is 0 Å². The topological polar surface area (TPSA) is 58.2 Å². The number of rotatable bonds is 5. The minimum atomic E-state index is -0.867. The molecule has 0 saturated carbocycles. The van der Waals surface area contributed by atoms with Crippen LogP contribution in [0.4, 0.5) is 5.69 Å². The van der Waals surface area contributed by atoms with Crippen molar-refractivity contribution in [2.75, 3.05) is 5.32 Å². The number of anilines is 1. The summed E-state index contributed by atoms with van der Waals surface area (Å²) in [5.41, 5.74) is 1.63. The lowest BCUT2D eigenvalue weighted by atomic mass is 10.1. The molecule has 27 heavy (non-hydrogen) atoms. The number of carbonyl (C=O) groups is 2. The lowest BCUT2D eigenvalue weighted by Crippen LogP contribution is -2.37. The summed E-state index contributed by atoms with van der Waals surface area (Å²) in [5, 5.41) is 6.61. The average Bonchev–Trinajstić information content (AvgIpc) is 2.67. The van der Waals surface area contributed by atoms with Crippen LogP contribution in [0.3, 0.4) is 0 Å². The molecule has 0 heterocycles. The summed E-state index contributed by atoms with van der Waals surface area (Å²) in [7, 11) is 0. The maximum Gasteiger partial charge on any atom is 0.252 e. The third-order valence-electron chi connectivity index (χ3n) is 3.87. The molecule has 3 rings (SSSR count). The van der Waals surface area contributed by atoms with Gasteiger partial charge < -0.3 is 10.6 Å². The van der Waals surface area contributed by atoms with Crippen molar-refractivity contribution in [3.8, 4) is 0 Å². The number of benzene rings is 3. The third kappa shape index (κ3) is 5.09. The van der Waals surface area contributed by atoms with E-state index >= 15 is 0 Å². The summed E-state index contributed by atoms with van der Waals surface area (Å²) in [6.45, 7) is 0. The Labute approximate surface area is 167 Å². The van der Waals surface area contributed by atoms with Crippen LogP contribution >= 0.6 is 23.2 Å². The Hall–Kier alpha value is -2.82. The van der Waals surface area contributed by atoms with Crippen molar-refractivity contribution in [3.05, 3.63) is 100 Å². The highest BCUT2D eigenvalue weighted by molar-refractivity contribution is 6.31. The monoisotopic (exact) mass is 398 g/mol. The summed E-state index contributed by atoms with van der Waals surface area (Å²) in [4.78, 5) is 25.5. The number of hydrogen-bond donors (Lipinski definition) is 2. The molecule has 0 bridgehead atoms. The van der Waals surface area contributed by atoms with E-state index in [0.29, 0.717) is 26.9 Å². The molecule has 0 aliphatic heterocycles. The van der Waals surface area contributed by atoms with E-state index in [4.69, 9.17) is 23.2 Å². The highest BCUT2D eigenvalue weighted by Gasteiger charge is 2.23. The summed E-state index contributed by atoms with van der Waals surface area (Å²) in [5.74, 6) is -0.743. The van der Waals surface area contributed by atoms with Gasteiger partial charge in [-0.3, -0.25) is 9.59 Å².